The molecule has 0 saturated carbocycles. The van der Waals surface area contributed by atoms with Gasteiger partial charge in [0, 0.05) is 12.6 Å². The predicted molar refractivity (Wildman–Crippen MR) is 99.1 cm³/mol. The van der Waals surface area contributed by atoms with Crippen molar-refractivity contribution in [2.45, 2.75) is 45.7 Å². The molecule has 0 aliphatic heterocycles. The number of aryl methyl sites for hydroxylation is 2. The fourth-order valence-corrected chi connectivity index (χ4v) is 1.92. The first-order valence-electron chi connectivity index (χ1n) is 8.18. The Balaban J connectivity index is 0.000000463. The second-order valence-electron chi connectivity index (χ2n) is 5.95. The number of nitrogens with one attached hydrogen (secondary N) is 1. The number of amides is 3. The molecule has 0 fully saturated rings. The lowest BCUT2D eigenvalue weighted by atomic mass is 10.1. The maximum Gasteiger partial charge on any atom is 0.312 e. The summed E-state index contributed by atoms with van der Waals surface area (Å²) in [6, 6.07) is 4.98. The van der Waals surface area contributed by atoms with Crippen LogP contribution in [0.15, 0.2) is 18.2 Å². The van der Waals surface area contributed by atoms with Crippen LogP contribution in [0.25, 0.3) is 0 Å². The third kappa shape index (κ3) is 11.0. The Labute approximate surface area is 149 Å². The summed E-state index contributed by atoms with van der Waals surface area (Å²) in [6.07, 6.45) is 1.04. The molecule has 25 heavy (non-hydrogen) atoms. The molecular weight excluding hydrogens is 322 g/mol. The standard InChI is InChI=1S/C11H17NO.C6H14N4O2/c1-8-5-4-6-9(2)11(8)13-7-10(3)12;7-4(5(8)11)2-1-3-10-6(9)12/h4-6,10H,7,12H2,1-3H3;4H,1-3,7H2,(H2,8,11)(H3,9,10,12). The van der Waals surface area contributed by atoms with E-state index in [-0.39, 0.29) is 6.04 Å². The maximum atomic E-state index is 10.4. The molecule has 2 unspecified atom stereocenters. The minimum atomic E-state index is -0.639. The highest BCUT2D eigenvalue weighted by atomic mass is 16.5. The van der Waals surface area contributed by atoms with E-state index in [1.807, 2.05) is 39.0 Å². The van der Waals surface area contributed by atoms with E-state index in [4.69, 9.17) is 27.7 Å². The van der Waals surface area contributed by atoms with Gasteiger partial charge in [-0.3, -0.25) is 4.79 Å². The molecule has 0 spiro atoms. The molecular formula is C17H31N5O3. The number of urea groups is 1. The maximum absolute atomic E-state index is 10.4. The van der Waals surface area contributed by atoms with Crippen molar-refractivity contribution in [3.63, 3.8) is 0 Å². The summed E-state index contributed by atoms with van der Waals surface area (Å²) >= 11 is 0. The van der Waals surface area contributed by atoms with Gasteiger partial charge in [-0.1, -0.05) is 18.2 Å². The Morgan fingerprint density at radius 2 is 1.72 bits per heavy atom. The third-order valence-corrected chi connectivity index (χ3v) is 3.26. The van der Waals surface area contributed by atoms with Crippen molar-refractivity contribution in [3.05, 3.63) is 29.3 Å². The Kier molecular flexibility index (Phi) is 11.0. The van der Waals surface area contributed by atoms with E-state index in [0.717, 1.165) is 5.75 Å². The zero-order valence-corrected chi connectivity index (χ0v) is 15.2. The minimum Gasteiger partial charge on any atom is -0.491 e. The molecule has 0 aromatic heterocycles. The molecule has 0 saturated heterocycles. The van der Waals surface area contributed by atoms with E-state index in [2.05, 4.69) is 5.32 Å². The first-order valence-corrected chi connectivity index (χ1v) is 8.18. The molecule has 8 heteroatoms. The first-order chi connectivity index (χ1) is 11.6. The molecule has 1 rings (SSSR count). The van der Waals surface area contributed by atoms with Crippen LogP contribution in [0, 0.1) is 13.8 Å². The fraction of sp³-hybridized carbons (Fsp3) is 0.529. The van der Waals surface area contributed by atoms with Crippen LogP contribution in [-0.4, -0.2) is 37.2 Å². The number of hydrogen-bond donors (Lipinski definition) is 5. The van der Waals surface area contributed by atoms with Crippen molar-refractivity contribution in [1.82, 2.24) is 5.32 Å². The number of benzene rings is 1. The Morgan fingerprint density at radius 3 is 2.16 bits per heavy atom. The largest absolute Gasteiger partial charge is 0.491 e. The van der Waals surface area contributed by atoms with Crippen LogP contribution in [0.2, 0.25) is 0 Å². The van der Waals surface area contributed by atoms with E-state index in [0.29, 0.717) is 26.0 Å². The zero-order chi connectivity index (χ0) is 19.4. The molecule has 0 aliphatic carbocycles. The highest BCUT2D eigenvalue weighted by Gasteiger charge is 2.07. The Bertz CT molecular complexity index is 529. The summed E-state index contributed by atoms with van der Waals surface area (Å²) in [7, 11) is 0. The lowest BCUT2D eigenvalue weighted by Gasteiger charge is -2.13. The van der Waals surface area contributed by atoms with Gasteiger partial charge in [0.05, 0.1) is 6.04 Å². The van der Waals surface area contributed by atoms with E-state index >= 15 is 0 Å². The lowest BCUT2D eigenvalue weighted by Crippen LogP contribution is -2.37. The molecule has 9 N–H and O–H groups in total. The minimum absolute atomic E-state index is 0.0824. The number of nitrogens with two attached hydrogens (primary N) is 4. The van der Waals surface area contributed by atoms with Crippen molar-refractivity contribution in [2.24, 2.45) is 22.9 Å². The molecule has 0 bridgehead atoms. The van der Waals surface area contributed by atoms with Gasteiger partial charge in [-0.25, -0.2) is 4.79 Å². The summed E-state index contributed by atoms with van der Waals surface area (Å²) in [5.41, 5.74) is 23.0. The van der Waals surface area contributed by atoms with Crippen LogP contribution in [0.1, 0.15) is 30.9 Å². The number of para-hydroxylation sites is 1. The fourth-order valence-electron chi connectivity index (χ4n) is 1.92. The molecule has 142 valence electrons. The number of ether oxygens (including phenoxy) is 1. The number of primary amides is 2. The molecule has 2 atom stereocenters. The molecule has 1 aromatic carbocycles. The summed E-state index contributed by atoms with van der Waals surface area (Å²) in [4.78, 5) is 20.6. The van der Waals surface area contributed by atoms with Gasteiger partial charge >= 0.3 is 6.03 Å². The Hall–Kier alpha value is -2.32. The molecule has 0 aliphatic rings. The van der Waals surface area contributed by atoms with Gasteiger partial charge in [0.1, 0.15) is 12.4 Å². The predicted octanol–water partition coefficient (Wildman–Crippen LogP) is 0.277. The van der Waals surface area contributed by atoms with Crippen molar-refractivity contribution in [1.29, 1.82) is 0 Å². The number of rotatable bonds is 8. The van der Waals surface area contributed by atoms with Crippen molar-refractivity contribution < 1.29 is 14.3 Å². The highest BCUT2D eigenvalue weighted by molar-refractivity contribution is 5.79. The second kappa shape index (κ2) is 12.1. The van der Waals surface area contributed by atoms with Crippen LogP contribution in [0.4, 0.5) is 4.79 Å². The van der Waals surface area contributed by atoms with Crippen LogP contribution in [0.5, 0.6) is 5.75 Å². The summed E-state index contributed by atoms with van der Waals surface area (Å²) < 4.78 is 5.60. The zero-order valence-electron chi connectivity index (χ0n) is 15.2. The summed E-state index contributed by atoms with van der Waals surface area (Å²) in [5, 5.41) is 2.37. The van der Waals surface area contributed by atoms with E-state index < -0.39 is 18.0 Å². The molecule has 3 amide bonds. The molecule has 0 heterocycles. The van der Waals surface area contributed by atoms with Gasteiger partial charge in [-0.05, 0) is 44.7 Å². The van der Waals surface area contributed by atoms with Crippen molar-refractivity contribution >= 4 is 11.9 Å². The van der Waals surface area contributed by atoms with Gasteiger partial charge in [-0.2, -0.15) is 0 Å². The topological polar surface area (TPSA) is 159 Å². The van der Waals surface area contributed by atoms with E-state index in [9.17, 15) is 9.59 Å². The monoisotopic (exact) mass is 353 g/mol. The van der Waals surface area contributed by atoms with Gasteiger partial charge in [0.2, 0.25) is 5.91 Å². The average Bonchev–Trinajstić information content (AvgIpc) is 2.51. The normalized spacial score (nSPS) is 12.4. The van der Waals surface area contributed by atoms with Crippen LogP contribution >= 0.6 is 0 Å². The van der Waals surface area contributed by atoms with Crippen LogP contribution in [-0.2, 0) is 4.79 Å². The average molecular weight is 353 g/mol. The van der Waals surface area contributed by atoms with Crippen molar-refractivity contribution in [2.75, 3.05) is 13.2 Å². The lowest BCUT2D eigenvalue weighted by molar-refractivity contribution is -0.119. The quantitative estimate of drug-likeness (QED) is 0.424. The van der Waals surface area contributed by atoms with Gasteiger partial charge in [0.25, 0.3) is 0 Å². The smallest absolute Gasteiger partial charge is 0.312 e. The van der Waals surface area contributed by atoms with E-state index in [1.165, 1.54) is 11.1 Å². The van der Waals surface area contributed by atoms with Crippen LogP contribution in [0.3, 0.4) is 0 Å². The molecule has 1 aromatic rings. The summed E-state index contributed by atoms with van der Waals surface area (Å²) in [6.45, 7) is 7.02. The second-order valence-corrected chi connectivity index (χ2v) is 5.95. The van der Waals surface area contributed by atoms with E-state index in [1.54, 1.807) is 0 Å². The van der Waals surface area contributed by atoms with Crippen LogP contribution < -0.4 is 33.0 Å². The first kappa shape index (κ1) is 22.7. The van der Waals surface area contributed by atoms with Crippen molar-refractivity contribution in [3.8, 4) is 5.75 Å². The number of hydrogen-bond acceptors (Lipinski definition) is 5. The molecule has 0 radical (unpaired) electrons. The number of carbonyl (C=O) groups excluding carboxylic acids is 2. The Morgan fingerprint density at radius 1 is 1.16 bits per heavy atom. The molecule has 8 nitrogen and oxygen atoms in total. The van der Waals surface area contributed by atoms with Gasteiger partial charge in [0.15, 0.2) is 0 Å². The summed E-state index contributed by atoms with van der Waals surface area (Å²) in [5.74, 6) is 0.439. The SMILES string of the molecule is Cc1cccc(C)c1OCC(C)N.NC(=O)NCCCC(N)C(N)=O. The van der Waals surface area contributed by atoms with Gasteiger partial charge < -0.3 is 33.0 Å². The highest BCUT2D eigenvalue weighted by Crippen LogP contribution is 2.22. The number of carbonyl (C=O) groups is 2. The third-order valence-electron chi connectivity index (χ3n) is 3.26. The van der Waals surface area contributed by atoms with Gasteiger partial charge in [-0.15, -0.1) is 0 Å².